The number of hydrogen-bond acceptors (Lipinski definition) is 11. The van der Waals surface area contributed by atoms with Gasteiger partial charge in [-0.05, 0) is 25.0 Å². The molecule has 4 rings (SSSR count). The molecule has 2 N–H and O–H groups in total. The van der Waals surface area contributed by atoms with Gasteiger partial charge >= 0.3 is 6.09 Å². The van der Waals surface area contributed by atoms with Crippen LogP contribution < -0.4 is 15.0 Å². The minimum Gasteiger partial charge on any atom is -0.481 e. The molecule has 2 aliphatic rings. The highest BCUT2D eigenvalue weighted by atomic mass is 32.2. The highest BCUT2D eigenvalue weighted by Crippen LogP contribution is 2.38. The monoisotopic (exact) mass is 537 g/mol. The van der Waals surface area contributed by atoms with Crippen molar-refractivity contribution in [3.05, 3.63) is 36.7 Å². The highest BCUT2D eigenvalue weighted by Gasteiger charge is 2.55. The number of pyridine rings is 2. The number of hydroxylamine groups is 1. The topological polar surface area (TPSA) is 170 Å². The van der Waals surface area contributed by atoms with Gasteiger partial charge in [0, 0.05) is 31.8 Å². The van der Waals surface area contributed by atoms with E-state index in [1.54, 1.807) is 12.1 Å². The molecular weight excluding hydrogens is 510 g/mol. The van der Waals surface area contributed by atoms with Crippen LogP contribution in [0.25, 0.3) is 0 Å². The van der Waals surface area contributed by atoms with Crippen molar-refractivity contribution in [1.29, 1.82) is 0 Å². The molecule has 0 aromatic carbocycles. The van der Waals surface area contributed by atoms with Crippen molar-refractivity contribution >= 4 is 22.0 Å². The largest absolute Gasteiger partial charge is 0.481 e. The summed E-state index contributed by atoms with van der Waals surface area (Å²) >= 11 is 0. The first-order valence-corrected chi connectivity index (χ1v) is 12.8. The Bertz CT molecular complexity index is 1210. The first-order chi connectivity index (χ1) is 17.8. The molecule has 37 heavy (non-hydrogen) atoms. The second-order valence-electron chi connectivity index (χ2n) is 8.28. The van der Waals surface area contributed by atoms with Crippen molar-refractivity contribution in [3.63, 3.8) is 0 Å². The van der Waals surface area contributed by atoms with Crippen molar-refractivity contribution in [3.8, 4) is 17.5 Å². The number of carbonyl (C=O) groups is 2. The van der Waals surface area contributed by atoms with Gasteiger partial charge in [0.05, 0.1) is 32.2 Å². The zero-order chi connectivity index (χ0) is 26.6. The van der Waals surface area contributed by atoms with Crippen molar-refractivity contribution in [1.82, 2.24) is 24.7 Å². The summed E-state index contributed by atoms with van der Waals surface area (Å²) in [6, 6.07) is 3.19. The lowest BCUT2D eigenvalue weighted by atomic mass is 10.1. The van der Waals surface area contributed by atoms with E-state index in [0.717, 1.165) is 10.5 Å². The number of nitrogens with zero attached hydrogens (tertiary/aromatic N) is 4. The van der Waals surface area contributed by atoms with Crippen LogP contribution in [0.5, 0.6) is 17.5 Å². The molecule has 2 aromatic heterocycles. The Morgan fingerprint density at radius 3 is 2.46 bits per heavy atom. The van der Waals surface area contributed by atoms with Crippen LogP contribution in [0.15, 0.2) is 41.6 Å². The number of amides is 2. The number of rotatable bonds is 9. The summed E-state index contributed by atoms with van der Waals surface area (Å²) in [6.45, 7) is 0.0422. The Morgan fingerprint density at radius 1 is 1.08 bits per heavy atom. The van der Waals surface area contributed by atoms with Crippen LogP contribution >= 0.6 is 0 Å². The molecule has 14 nitrogen and oxygen atoms in total. The summed E-state index contributed by atoms with van der Waals surface area (Å²) in [4.78, 5) is 34.6. The van der Waals surface area contributed by atoms with Gasteiger partial charge in [-0.2, -0.15) is 4.31 Å². The third-order valence-electron chi connectivity index (χ3n) is 6.17. The maximum absolute atomic E-state index is 13.6. The molecule has 2 aromatic rings. The second-order valence-corrected chi connectivity index (χ2v) is 10.2. The molecule has 15 heteroatoms. The number of nitrogens with one attached hydrogen (secondary N) is 1. The summed E-state index contributed by atoms with van der Waals surface area (Å²) < 4.78 is 48.8. The lowest BCUT2D eigenvalue weighted by Crippen LogP contribution is -2.66. The smallest absolute Gasteiger partial charge is 0.410 e. The van der Waals surface area contributed by atoms with Gasteiger partial charge in [-0.15, -0.1) is 0 Å². The van der Waals surface area contributed by atoms with Crippen LogP contribution in [0.3, 0.4) is 0 Å². The number of hydrogen-bond donors (Lipinski definition) is 2. The SMILES string of the molecule is COCCOC(=O)N1[C@@H]2CC[C@H]1[C@H](C(=O)NO)N(S(=O)(=O)c1ccc(Oc3ccc(OC)nc3)nc1)C2. The zero-order valence-corrected chi connectivity index (χ0v) is 21.0. The Balaban J connectivity index is 1.54. The number of aromatic nitrogens is 2. The molecule has 0 unspecified atom stereocenters. The van der Waals surface area contributed by atoms with Gasteiger partial charge in [-0.25, -0.2) is 28.7 Å². The average Bonchev–Trinajstić information content (AvgIpc) is 3.22. The molecule has 3 atom stereocenters. The van der Waals surface area contributed by atoms with Gasteiger partial charge in [-0.3, -0.25) is 14.9 Å². The van der Waals surface area contributed by atoms with Crippen LogP contribution in [0.2, 0.25) is 0 Å². The van der Waals surface area contributed by atoms with Gasteiger partial charge in [0.1, 0.15) is 23.3 Å². The second kappa shape index (κ2) is 11.2. The van der Waals surface area contributed by atoms with Crippen LogP contribution in [-0.4, -0.2) is 96.9 Å². The molecule has 2 amide bonds. The van der Waals surface area contributed by atoms with Crippen molar-refractivity contribution in [2.45, 2.75) is 35.9 Å². The molecule has 2 saturated heterocycles. The number of piperazine rings is 1. The predicted octanol–water partition coefficient (Wildman–Crippen LogP) is 0.772. The van der Waals surface area contributed by atoms with Gasteiger partial charge in [0.25, 0.3) is 5.91 Å². The maximum Gasteiger partial charge on any atom is 0.410 e. The molecule has 0 saturated carbocycles. The number of carbonyl (C=O) groups excluding carboxylic acids is 2. The molecular formula is C22H27N5O9S. The van der Waals surface area contributed by atoms with Crippen LogP contribution in [-0.2, 0) is 24.3 Å². The van der Waals surface area contributed by atoms with E-state index in [1.807, 2.05) is 0 Å². The van der Waals surface area contributed by atoms with Crippen LogP contribution in [0.4, 0.5) is 4.79 Å². The van der Waals surface area contributed by atoms with Gasteiger partial charge < -0.3 is 18.9 Å². The fourth-order valence-corrected chi connectivity index (χ4v) is 6.09. The lowest BCUT2D eigenvalue weighted by Gasteiger charge is -2.44. The molecule has 2 aliphatic heterocycles. The zero-order valence-electron chi connectivity index (χ0n) is 20.1. The third kappa shape index (κ3) is 5.44. The summed E-state index contributed by atoms with van der Waals surface area (Å²) in [5, 5.41) is 9.36. The number of ether oxygens (including phenoxy) is 4. The van der Waals surface area contributed by atoms with Gasteiger partial charge in [-0.1, -0.05) is 0 Å². The van der Waals surface area contributed by atoms with Crippen molar-refractivity contribution in [2.24, 2.45) is 0 Å². The summed E-state index contributed by atoms with van der Waals surface area (Å²) in [5.74, 6) is -0.0583. The molecule has 0 aliphatic carbocycles. The molecule has 2 bridgehead atoms. The summed E-state index contributed by atoms with van der Waals surface area (Å²) in [7, 11) is -1.30. The van der Waals surface area contributed by atoms with Crippen molar-refractivity contribution < 1.29 is 42.2 Å². The van der Waals surface area contributed by atoms with Crippen molar-refractivity contribution in [2.75, 3.05) is 34.0 Å². The fourth-order valence-electron chi connectivity index (χ4n) is 4.49. The van der Waals surface area contributed by atoms with Crippen LogP contribution in [0, 0.1) is 0 Å². The van der Waals surface area contributed by atoms with E-state index in [-0.39, 0.29) is 30.5 Å². The minimum atomic E-state index is -4.25. The third-order valence-corrected chi connectivity index (χ3v) is 8.00. The highest BCUT2D eigenvalue weighted by molar-refractivity contribution is 7.89. The lowest BCUT2D eigenvalue weighted by molar-refractivity contribution is -0.136. The quantitative estimate of drug-likeness (QED) is 0.263. The van der Waals surface area contributed by atoms with Crippen LogP contribution in [0.1, 0.15) is 12.8 Å². The van der Waals surface area contributed by atoms with E-state index in [1.165, 1.54) is 42.9 Å². The van der Waals surface area contributed by atoms with E-state index in [2.05, 4.69) is 9.97 Å². The standard InChI is InChI=1S/C22H27N5O9S/c1-33-9-10-35-22(29)27-14-3-6-17(27)20(21(28)25-30)26(13-14)37(31,32)16-5-8-19(24-12-16)36-15-4-7-18(34-2)23-11-15/h4-5,7-8,11-12,14,17,20,30H,3,6,9-10,13H2,1-2H3,(H,25,28)/t14-,17+,20-/m1/s1. The summed E-state index contributed by atoms with van der Waals surface area (Å²) in [5.41, 5.74) is 1.53. The van der Waals surface area contributed by atoms with Gasteiger partial charge in [0.2, 0.25) is 21.8 Å². The van der Waals surface area contributed by atoms with E-state index < -0.39 is 40.1 Å². The Morgan fingerprint density at radius 2 is 1.84 bits per heavy atom. The molecule has 200 valence electrons. The first kappa shape index (κ1) is 26.5. The van der Waals surface area contributed by atoms with E-state index in [9.17, 15) is 23.2 Å². The first-order valence-electron chi connectivity index (χ1n) is 11.3. The molecule has 4 heterocycles. The van der Waals surface area contributed by atoms with E-state index in [4.69, 9.17) is 18.9 Å². The number of fused-ring (bicyclic) bond motifs is 2. The maximum atomic E-state index is 13.6. The average molecular weight is 538 g/mol. The van der Waals surface area contributed by atoms with E-state index >= 15 is 0 Å². The molecule has 0 spiro atoms. The predicted molar refractivity (Wildman–Crippen MR) is 125 cm³/mol. The van der Waals surface area contributed by atoms with Gasteiger partial charge in [0.15, 0.2) is 0 Å². The Hall–Kier alpha value is -3.53. The Kier molecular flexibility index (Phi) is 8.06. The molecule has 0 radical (unpaired) electrons. The fraction of sp³-hybridized carbons (Fsp3) is 0.455. The normalized spacial score (nSPS) is 21.4. The number of methoxy groups -OCH3 is 2. The number of sulfonamides is 1. The summed E-state index contributed by atoms with van der Waals surface area (Å²) in [6.07, 6.45) is 2.69. The van der Waals surface area contributed by atoms with E-state index in [0.29, 0.717) is 24.5 Å². The Labute approximate surface area is 213 Å². The molecule has 2 fully saturated rings. The minimum absolute atomic E-state index is 0.0107.